The predicted molar refractivity (Wildman–Crippen MR) is 142 cm³/mol. The molecule has 0 aliphatic rings. The number of benzene rings is 3. The average molecular weight is 503 g/mol. The van der Waals surface area contributed by atoms with Gasteiger partial charge < -0.3 is 14.8 Å². The van der Waals surface area contributed by atoms with Crippen molar-refractivity contribution in [1.29, 1.82) is 0 Å². The lowest BCUT2D eigenvalue weighted by molar-refractivity contribution is 0.0531. The maximum Gasteiger partial charge on any atom is 0.348 e. The summed E-state index contributed by atoms with van der Waals surface area (Å²) >= 11 is 2.72. The van der Waals surface area contributed by atoms with Gasteiger partial charge in [0.15, 0.2) is 0 Å². The molecule has 0 atom stereocenters. The number of thiazole rings is 1. The third-order valence-electron chi connectivity index (χ3n) is 5.65. The van der Waals surface area contributed by atoms with Crippen LogP contribution in [-0.2, 0) is 4.74 Å². The van der Waals surface area contributed by atoms with E-state index >= 15 is 0 Å². The van der Waals surface area contributed by atoms with Gasteiger partial charge in [0.1, 0.15) is 20.6 Å². The van der Waals surface area contributed by atoms with Crippen LogP contribution in [0.2, 0.25) is 0 Å². The number of rotatable bonds is 6. The second-order valence-electron chi connectivity index (χ2n) is 7.82. The van der Waals surface area contributed by atoms with Gasteiger partial charge in [0.05, 0.1) is 29.5 Å². The number of methoxy groups -OCH3 is 1. The van der Waals surface area contributed by atoms with Crippen molar-refractivity contribution in [3.63, 3.8) is 0 Å². The van der Waals surface area contributed by atoms with Gasteiger partial charge in [0.25, 0.3) is 5.91 Å². The van der Waals surface area contributed by atoms with Gasteiger partial charge in [0.2, 0.25) is 0 Å². The van der Waals surface area contributed by atoms with E-state index in [1.54, 1.807) is 14.0 Å². The molecule has 0 unspecified atom stereocenters. The molecule has 0 aliphatic carbocycles. The van der Waals surface area contributed by atoms with Crippen LogP contribution in [0.15, 0.2) is 60.7 Å². The minimum atomic E-state index is -0.416. The molecule has 0 aliphatic heterocycles. The van der Waals surface area contributed by atoms with Crippen molar-refractivity contribution in [2.45, 2.75) is 13.8 Å². The molecule has 0 fully saturated rings. The number of fused-ring (bicyclic) bond motifs is 2. The molecular formula is C27H22N2O4S2. The van der Waals surface area contributed by atoms with E-state index in [-0.39, 0.29) is 12.5 Å². The van der Waals surface area contributed by atoms with Crippen LogP contribution in [-0.4, -0.2) is 30.6 Å². The summed E-state index contributed by atoms with van der Waals surface area (Å²) in [4.78, 5) is 31.4. The molecule has 176 valence electrons. The van der Waals surface area contributed by atoms with E-state index in [9.17, 15) is 9.59 Å². The van der Waals surface area contributed by atoms with Crippen LogP contribution in [0, 0.1) is 6.92 Å². The quantitative estimate of drug-likeness (QED) is 0.255. The summed E-state index contributed by atoms with van der Waals surface area (Å²) < 4.78 is 11.8. The minimum absolute atomic E-state index is 0.266. The van der Waals surface area contributed by atoms with Gasteiger partial charge in [-0.25, -0.2) is 9.78 Å². The Balaban J connectivity index is 1.61. The number of aromatic nitrogens is 1. The number of carbonyl (C=O) groups excluding carboxylic acids is 2. The van der Waals surface area contributed by atoms with E-state index in [2.05, 4.69) is 5.32 Å². The van der Waals surface area contributed by atoms with E-state index in [0.717, 1.165) is 37.1 Å². The summed E-state index contributed by atoms with van der Waals surface area (Å²) in [5.41, 5.74) is 2.73. The monoisotopic (exact) mass is 502 g/mol. The molecule has 8 heteroatoms. The number of amides is 1. The number of hydrogen-bond donors (Lipinski definition) is 1. The Morgan fingerprint density at radius 1 is 1.00 bits per heavy atom. The fraction of sp³-hybridized carbons (Fsp3) is 0.148. The molecule has 3 aromatic carbocycles. The van der Waals surface area contributed by atoms with Gasteiger partial charge in [-0.3, -0.25) is 4.79 Å². The lowest BCUT2D eigenvalue weighted by atomic mass is 10.1. The number of para-hydroxylation sites is 1. The highest BCUT2D eigenvalue weighted by atomic mass is 32.1. The van der Waals surface area contributed by atoms with E-state index in [1.165, 1.54) is 22.7 Å². The Hall–Kier alpha value is -3.75. The maximum absolute atomic E-state index is 13.5. The van der Waals surface area contributed by atoms with E-state index in [0.29, 0.717) is 21.2 Å². The summed E-state index contributed by atoms with van der Waals surface area (Å²) in [7, 11) is 1.54. The number of nitrogens with zero attached hydrogens (tertiary/aromatic N) is 1. The van der Waals surface area contributed by atoms with Gasteiger partial charge in [0, 0.05) is 5.56 Å². The number of hydrogen-bond acceptors (Lipinski definition) is 7. The van der Waals surface area contributed by atoms with E-state index in [1.807, 2.05) is 67.6 Å². The number of thiophene rings is 1. The number of carbonyl (C=O) groups is 2. The van der Waals surface area contributed by atoms with Crippen molar-refractivity contribution in [1.82, 2.24) is 4.98 Å². The molecule has 5 rings (SSSR count). The molecule has 2 aromatic heterocycles. The summed E-state index contributed by atoms with van der Waals surface area (Å²) in [6, 6.07) is 19.3. The van der Waals surface area contributed by atoms with Crippen LogP contribution < -0.4 is 10.1 Å². The molecule has 6 nitrogen and oxygen atoms in total. The zero-order valence-electron chi connectivity index (χ0n) is 19.4. The summed E-state index contributed by atoms with van der Waals surface area (Å²) in [6.07, 6.45) is 0. The Morgan fingerprint density at radius 3 is 2.43 bits per heavy atom. The molecule has 0 radical (unpaired) electrons. The molecule has 0 bridgehead atoms. The number of anilines is 1. The lowest BCUT2D eigenvalue weighted by Crippen LogP contribution is -2.13. The minimum Gasteiger partial charge on any atom is -0.496 e. The SMILES string of the molecule is CCOC(=O)c1sc(NC(=O)c2cc3ccccc3cc2OC)c(-c2nc3ccccc3s2)c1C. The first-order valence-corrected chi connectivity index (χ1v) is 12.7. The van der Waals surface area contributed by atoms with Gasteiger partial charge in [-0.2, -0.15) is 0 Å². The number of esters is 1. The highest BCUT2D eigenvalue weighted by Gasteiger charge is 2.26. The van der Waals surface area contributed by atoms with Crippen molar-refractivity contribution in [2.75, 3.05) is 19.0 Å². The second-order valence-corrected chi connectivity index (χ2v) is 9.87. The van der Waals surface area contributed by atoms with Crippen molar-refractivity contribution < 1.29 is 19.1 Å². The first kappa shape index (κ1) is 23.0. The smallest absolute Gasteiger partial charge is 0.348 e. The largest absolute Gasteiger partial charge is 0.496 e. The number of ether oxygens (including phenoxy) is 2. The second kappa shape index (κ2) is 9.48. The molecular weight excluding hydrogens is 480 g/mol. The summed E-state index contributed by atoms with van der Waals surface area (Å²) in [5, 5.41) is 6.21. The third kappa shape index (κ3) is 4.26. The van der Waals surface area contributed by atoms with Crippen LogP contribution >= 0.6 is 22.7 Å². The molecule has 0 saturated heterocycles. The van der Waals surface area contributed by atoms with Gasteiger partial charge >= 0.3 is 5.97 Å². The summed E-state index contributed by atoms with van der Waals surface area (Å²) in [5.74, 6) is -0.269. The van der Waals surface area contributed by atoms with Crippen molar-refractivity contribution in [3.8, 4) is 16.3 Å². The van der Waals surface area contributed by atoms with Crippen LogP contribution in [0.1, 0.15) is 32.5 Å². The maximum atomic E-state index is 13.5. The summed E-state index contributed by atoms with van der Waals surface area (Å²) in [6.45, 7) is 3.89. The normalized spacial score (nSPS) is 11.1. The van der Waals surface area contributed by atoms with Gasteiger partial charge in [-0.15, -0.1) is 22.7 Å². The lowest BCUT2D eigenvalue weighted by Gasteiger charge is -2.11. The fourth-order valence-corrected chi connectivity index (χ4v) is 6.20. The highest BCUT2D eigenvalue weighted by molar-refractivity contribution is 7.23. The topological polar surface area (TPSA) is 77.5 Å². The van der Waals surface area contributed by atoms with Crippen LogP contribution in [0.5, 0.6) is 5.75 Å². The molecule has 1 amide bonds. The van der Waals surface area contributed by atoms with Crippen molar-refractivity contribution >= 4 is 60.5 Å². The van der Waals surface area contributed by atoms with E-state index < -0.39 is 5.97 Å². The third-order valence-corrected chi connectivity index (χ3v) is 7.90. The molecule has 0 spiro atoms. The Bertz CT molecular complexity index is 1550. The van der Waals surface area contributed by atoms with Crippen LogP contribution in [0.4, 0.5) is 5.00 Å². The zero-order chi connectivity index (χ0) is 24.5. The molecule has 2 heterocycles. The fourth-order valence-electron chi connectivity index (χ4n) is 3.97. The Labute approximate surface area is 210 Å². The number of nitrogens with one attached hydrogen (secondary N) is 1. The van der Waals surface area contributed by atoms with Crippen LogP contribution in [0.25, 0.3) is 31.6 Å². The highest BCUT2D eigenvalue weighted by Crippen LogP contribution is 2.44. The zero-order valence-corrected chi connectivity index (χ0v) is 21.0. The van der Waals surface area contributed by atoms with E-state index in [4.69, 9.17) is 14.5 Å². The Kier molecular flexibility index (Phi) is 6.23. The Morgan fingerprint density at radius 2 is 1.71 bits per heavy atom. The molecule has 5 aromatic rings. The molecule has 1 N–H and O–H groups in total. The first-order chi connectivity index (χ1) is 17.0. The van der Waals surface area contributed by atoms with Gasteiger partial charge in [-0.05, 0) is 54.4 Å². The van der Waals surface area contributed by atoms with Crippen molar-refractivity contribution in [2.24, 2.45) is 0 Å². The molecule has 35 heavy (non-hydrogen) atoms. The average Bonchev–Trinajstić information content (AvgIpc) is 3.43. The predicted octanol–water partition coefficient (Wildman–Crippen LogP) is 6.92. The van der Waals surface area contributed by atoms with Gasteiger partial charge in [-0.1, -0.05) is 36.4 Å². The molecule has 0 saturated carbocycles. The first-order valence-electron chi connectivity index (χ1n) is 11.0. The van der Waals surface area contributed by atoms with Crippen LogP contribution in [0.3, 0.4) is 0 Å². The van der Waals surface area contributed by atoms with Crippen molar-refractivity contribution in [3.05, 3.63) is 76.7 Å². The standard InChI is InChI=1S/C27H22N2O4S2/c1-4-33-27(31)23-15(2)22(25-28-19-11-7-8-12-21(19)34-25)26(35-23)29-24(30)18-13-16-9-5-6-10-17(16)14-20(18)32-3/h5-14H,4H2,1-3H3,(H,29,30).